The van der Waals surface area contributed by atoms with Crippen LogP contribution in [0.1, 0.15) is 30.2 Å². The number of thiophene rings is 1. The van der Waals surface area contributed by atoms with Gasteiger partial charge in [0.15, 0.2) is 5.11 Å². The third kappa shape index (κ3) is 4.78. The Kier molecular flexibility index (Phi) is 7.24. The number of aryl methyl sites for hydroxylation is 2. The van der Waals surface area contributed by atoms with E-state index in [1.807, 2.05) is 13.0 Å². The summed E-state index contributed by atoms with van der Waals surface area (Å²) in [4.78, 5) is 25.0. The molecule has 0 radical (unpaired) electrons. The molecular formula is C22H31N5O2S2. The molecule has 0 aromatic carbocycles. The van der Waals surface area contributed by atoms with Crippen LogP contribution in [0.4, 0.5) is 0 Å². The molecule has 0 atom stereocenters. The minimum absolute atomic E-state index is 0.0567. The molecule has 2 aliphatic rings. The first-order valence-electron chi connectivity index (χ1n) is 11.2. The van der Waals surface area contributed by atoms with Gasteiger partial charge < -0.3 is 15.0 Å². The average molecular weight is 462 g/mol. The zero-order valence-corrected chi connectivity index (χ0v) is 19.8. The van der Waals surface area contributed by atoms with Gasteiger partial charge in [-0.05, 0) is 50.4 Å². The summed E-state index contributed by atoms with van der Waals surface area (Å²) < 4.78 is 7.53. The van der Waals surface area contributed by atoms with E-state index in [1.165, 1.54) is 16.9 Å². The number of aromatic nitrogens is 2. The summed E-state index contributed by atoms with van der Waals surface area (Å²) in [6.45, 7) is 11.8. The van der Waals surface area contributed by atoms with Gasteiger partial charge in [-0.2, -0.15) is 4.98 Å². The first-order valence-corrected chi connectivity index (χ1v) is 12.4. The van der Waals surface area contributed by atoms with Crippen molar-refractivity contribution in [2.45, 2.75) is 39.2 Å². The van der Waals surface area contributed by atoms with E-state index in [0.717, 1.165) is 67.3 Å². The van der Waals surface area contributed by atoms with Gasteiger partial charge in [0.05, 0.1) is 12.0 Å². The van der Waals surface area contributed by atoms with Gasteiger partial charge >= 0.3 is 6.01 Å². The Morgan fingerprint density at radius 3 is 2.77 bits per heavy atom. The lowest BCUT2D eigenvalue weighted by molar-refractivity contribution is 0.172. The zero-order valence-electron chi connectivity index (χ0n) is 18.2. The molecule has 2 aromatic rings. The standard InChI is InChI=1S/C22H31N5O2S2/c1-3-9-23-22(30)26-13-10-25(11-14-26)12-15-27-20(28)18-16-7-5-6-8-17(16)31-19(18)24-21(27)29-4-2/h3H,1,4-15H2,2H3,(H,23,30). The molecule has 31 heavy (non-hydrogen) atoms. The Hall–Kier alpha value is -1.97. The molecule has 0 bridgehead atoms. The molecule has 168 valence electrons. The van der Waals surface area contributed by atoms with Gasteiger partial charge in [-0.15, -0.1) is 17.9 Å². The Morgan fingerprint density at radius 1 is 1.26 bits per heavy atom. The van der Waals surface area contributed by atoms with Gasteiger partial charge in [-0.3, -0.25) is 14.3 Å². The molecule has 3 heterocycles. The molecule has 1 saturated heterocycles. The third-order valence-electron chi connectivity index (χ3n) is 6.01. The molecule has 1 fully saturated rings. The fourth-order valence-electron chi connectivity index (χ4n) is 4.34. The summed E-state index contributed by atoms with van der Waals surface area (Å²) in [6, 6.07) is 0.451. The normalized spacial score (nSPS) is 16.9. The van der Waals surface area contributed by atoms with Crippen molar-refractivity contribution in [3.8, 4) is 6.01 Å². The third-order valence-corrected chi connectivity index (χ3v) is 7.60. The van der Waals surface area contributed by atoms with Gasteiger partial charge in [0, 0.05) is 50.7 Å². The van der Waals surface area contributed by atoms with E-state index in [4.69, 9.17) is 21.9 Å². The van der Waals surface area contributed by atoms with E-state index in [2.05, 4.69) is 21.7 Å². The maximum atomic E-state index is 13.5. The molecule has 0 unspecified atom stereocenters. The first kappa shape index (κ1) is 22.2. The zero-order chi connectivity index (χ0) is 21.8. The number of hydrogen-bond acceptors (Lipinski definition) is 6. The minimum Gasteiger partial charge on any atom is -0.465 e. The largest absolute Gasteiger partial charge is 0.465 e. The Morgan fingerprint density at radius 2 is 2.03 bits per heavy atom. The van der Waals surface area contributed by atoms with Crippen LogP contribution >= 0.6 is 23.6 Å². The molecule has 1 N–H and O–H groups in total. The molecule has 0 spiro atoms. The second-order valence-electron chi connectivity index (χ2n) is 7.98. The lowest BCUT2D eigenvalue weighted by atomic mass is 9.97. The maximum absolute atomic E-state index is 13.5. The van der Waals surface area contributed by atoms with Crippen LogP contribution in [0.5, 0.6) is 6.01 Å². The highest BCUT2D eigenvalue weighted by Gasteiger charge is 2.24. The quantitative estimate of drug-likeness (QED) is 0.502. The lowest BCUT2D eigenvalue weighted by Gasteiger charge is -2.36. The number of hydrogen-bond donors (Lipinski definition) is 1. The van der Waals surface area contributed by atoms with Gasteiger partial charge in [0.25, 0.3) is 5.56 Å². The summed E-state index contributed by atoms with van der Waals surface area (Å²) >= 11 is 7.12. The summed E-state index contributed by atoms with van der Waals surface area (Å²) in [5, 5.41) is 4.80. The predicted octanol–water partition coefficient (Wildman–Crippen LogP) is 2.41. The van der Waals surface area contributed by atoms with Crippen LogP contribution in [0, 0.1) is 0 Å². The highest BCUT2D eigenvalue weighted by atomic mass is 32.1. The van der Waals surface area contributed by atoms with Crippen LogP contribution in [0.15, 0.2) is 17.4 Å². The lowest BCUT2D eigenvalue weighted by Crippen LogP contribution is -2.52. The molecule has 0 saturated carbocycles. The van der Waals surface area contributed by atoms with E-state index < -0.39 is 0 Å². The van der Waals surface area contributed by atoms with Crippen molar-refractivity contribution in [1.82, 2.24) is 24.7 Å². The fraction of sp³-hybridized carbons (Fsp3) is 0.591. The molecule has 2 aromatic heterocycles. The molecule has 1 aliphatic carbocycles. The topological polar surface area (TPSA) is 62.6 Å². The van der Waals surface area contributed by atoms with Crippen LogP contribution in [0.3, 0.4) is 0 Å². The summed E-state index contributed by atoms with van der Waals surface area (Å²) in [7, 11) is 0. The van der Waals surface area contributed by atoms with Gasteiger partial charge in [0.1, 0.15) is 4.83 Å². The summed E-state index contributed by atoms with van der Waals surface area (Å²) in [6.07, 6.45) is 6.21. The molecule has 7 nitrogen and oxygen atoms in total. The Labute approximate surface area is 192 Å². The van der Waals surface area contributed by atoms with Crippen LogP contribution in [-0.4, -0.2) is 70.3 Å². The van der Waals surface area contributed by atoms with Crippen LogP contribution in [0.2, 0.25) is 0 Å². The fourth-order valence-corrected chi connectivity index (χ4v) is 5.85. The van der Waals surface area contributed by atoms with Crippen LogP contribution in [-0.2, 0) is 19.4 Å². The monoisotopic (exact) mass is 461 g/mol. The number of ether oxygens (including phenoxy) is 1. The van der Waals surface area contributed by atoms with Crippen molar-refractivity contribution in [3.05, 3.63) is 33.4 Å². The van der Waals surface area contributed by atoms with Crippen LogP contribution < -0.4 is 15.6 Å². The number of piperazine rings is 1. The first-order chi connectivity index (χ1) is 15.1. The molecule has 0 amide bonds. The average Bonchev–Trinajstić information content (AvgIpc) is 3.16. The SMILES string of the molecule is C=CCNC(=S)N1CCN(CCn2c(OCC)nc3sc4c(c3c2=O)CCCC4)CC1. The number of rotatable bonds is 7. The van der Waals surface area contributed by atoms with Crippen molar-refractivity contribution in [3.63, 3.8) is 0 Å². The highest BCUT2D eigenvalue weighted by molar-refractivity contribution is 7.80. The number of nitrogens with one attached hydrogen (secondary N) is 1. The van der Waals surface area contributed by atoms with E-state index >= 15 is 0 Å². The van der Waals surface area contributed by atoms with E-state index in [1.54, 1.807) is 15.9 Å². The molecule has 4 rings (SSSR count). The maximum Gasteiger partial charge on any atom is 0.300 e. The predicted molar refractivity (Wildman–Crippen MR) is 131 cm³/mol. The van der Waals surface area contributed by atoms with Crippen molar-refractivity contribution in [2.75, 3.05) is 45.9 Å². The minimum atomic E-state index is 0.0567. The Balaban J connectivity index is 1.47. The number of nitrogens with zero attached hydrogens (tertiary/aromatic N) is 4. The van der Waals surface area contributed by atoms with E-state index in [-0.39, 0.29) is 5.56 Å². The molecular weight excluding hydrogens is 430 g/mol. The Bertz CT molecular complexity index is 1010. The second kappa shape index (κ2) is 10.1. The van der Waals surface area contributed by atoms with Crippen LogP contribution in [0.25, 0.3) is 10.2 Å². The van der Waals surface area contributed by atoms with Crippen molar-refractivity contribution < 1.29 is 4.74 Å². The summed E-state index contributed by atoms with van der Waals surface area (Å²) in [5.74, 6) is 0. The van der Waals surface area contributed by atoms with Gasteiger partial charge in [-0.25, -0.2) is 0 Å². The van der Waals surface area contributed by atoms with Gasteiger partial charge in [0.2, 0.25) is 0 Å². The number of fused-ring (bicyclic) bond motifs is 3. The summed E-state index contributed by atoms with van der Waals surface area (Å²) in [5.41, 5.74) is 1.29. The van der Waals surface area contributed by atoms with Crippen molar-refractivity contribution in [1.29, 1.82) is 0 Å². The molecule has 1 aliphatic heterocycles. The van der Waals surface area contributed by atoms with Gasteiger partial charge in [-0.1, -0.05) is 6.08 Å². The smallest absolute Gasteiger partial charge is 0.300 e. The number of thiocarbonyl (C=S) groups is 1. The van der Waals surface area contributed by atoms with Crippen molar-refractivity contribution >= 4 is 38.9 Å². The highest BCUT2D eigenvalue weighted by Crippen LogP contribution is 2.34. The van der Waals surface area contributed by atoms with Crippen molar-refractivity contribution in [2.24, 2.45) is 0 Å². The molecule has 9 heteroatoms. The van der Waals surface area contributed by atoms with E-state index in [9.17, 15) is 4.79 Å². The second-order valence-corrected chi connectivity index (χ2v) is 9.45. The van der Waals surface area contributed by atoms with E-state index in [0.29, 0.717) is 25.7 Å².